The summed E-state index contributed by atoms with van der Waals surface area (Å²) in [7, 11) is -3.05. The van der Waals surface area contributed by atoms with E-state index in [1.54, 1.807) is 4.31 Å². The molecular formula is C20H25N3O5S. The van der Waals surface area contributed by atoms with Crippen molar-refractivity contribution in [2.45, 2.75) is 44.0 Å². The van der Waals surface area contributed by atoms with Gasteiger partial charge in [0.25, 0.3) is 0 Å². The lowest BCUT2D eigenvalue weighted by Crippen LogP contribution is -2.40. The fourth-order valence-electron chi connectivity index (χ4n) is 3.61. The molecule has 1 saturated heterocycles. The molecule has 2 fully saturated rings. The molecule has 2 aromatic rings. The molecule has 0 radical (unpaired) electrons. The van der Waals surface area contributed by atoms with Crippen LogP contribution in [0.3, 0.4) is 0 Å². The molecule has 4 rings (SSSR count). The van der Waals surface area contributed by atoms with Crippen LogP contribution in [0.2, 0.25) is 0 Å². The van der Waals surface area contributed by atoms with E-state index in [0.29, 0.717) is 30.5 Å². The number of aromatic nitrogens is 1. The lowest BCUT2D eigenvalue weighted by molar-refractivity contribution is 0.146. The Morgan fingerprint density at radius 2 is 1.90 bits per heavy atom. The lowest BCUT2D eigenvalue weighted by Gasteiger charge is -2.31. The summed E-state index contributed by atoms with van der Waals surface area (Å²) in [4.78, 5) is 15.6. The van der Waals surface area contributed by atoms with E-state index in [1.807, 2.05) is 24.3 Å². The van der Waals surface area contributed by atoms with Gasteiger partial charge >= 0.3 is 6.09 Å². The number of benzene rings is 1. The van der Waals surface area contributed by atoms with E-state index in [-0.39, 0.29) is 11.9 Å². The molecule has 29 heavy (non-hydrogen) atoms. The normalized spacial score (nSPS) is 18.5. The van der Waals surface area contributed by atoms with Gasteiger partial charge in [-0.25, -0.2) is 22.5 Å². The summed E-state index contributed by atoms with van der Waals surface area (Å²) < 4.78 is 36.4. The highest BCUT2D eigenvalue weighted by Crippen LogP contribution is 2.33. The van der Waals surface area contributed by atoms with E-state index in [2.05, 4.69) is 10.3 Å². The SMILES string of the molecule is O=C(Nc1ccc(CC2CCN(S(=O)(=O)C3CC3)CC2)cc1)OCc1cnco1. The van der Waals surface area contributed by atoms with E-state index in [9.17, 15) is 13.2 Å². The molecule has 0 bridgehead atoms. The highest BCUT2D eigenvalue weighted by molar-refractivity contribution is 7.90. The molecule has 2 aliphatic rings. The zero-order chi connectivity index (χ0) is 20.3. The standard InChI is InChI=1S/C20H25N3O5S/c24-20(27-13-18-12-21-14-28-18)22-17-3-1-15(2-4-17)11-16-7-9-23(10-8-16)29(25,26)19-5-6-19/h1-4,12,14,16,19H,5-11,13H2,(H,22,24). The number of anilines is 1. The molecule has 1 amide bonds. The Morgan fingerprint density at radius 1 is 1.17 bits per heavy atom. The highest BCUT2D eigenvalue weighted by Gasteiger charge is 2.41. The van der Waals surface area contributed by atoms with Gasteiger partial charge in [0.1, 0.15) is 0 Å². The molecule has 1 aromatic heterocycles. The number of nitrogens with zero attached hydrogens (tertiary/aromatic N) is 2. The number of oxazole rings is 1. The summed E-state index contributed by atoms with van der Waals surface area (Å²) in [5.41, 5.74) is 1.83. The maximum absolute atomic E-state index is 12.3. The molecule has 1 saturated carbocycles. The number of carbonyl (C=O) groups is 1. The largest absolute Gasteiger partial charge is 0.445 e. The van der Waals surface area contributed by atoms with Crippen LogP contribution < -0.4 is 5.32 Å². The van der Waals surface area contributed by atoms with E-state index in [4.69, 9.17) is 9.15 Å². The third-order valence-electron chi connectivity index (χ3n) is 5.43. The topological polar surface area (TPSA) is 102 Å². The summed E-state index contributed by atoms with van der Waals surface area (Å²) in [6.07, 6.45) is 6.54. The average molecular weight is 420 g/mol. The van der Waals surface area contributed by atoms with Crippen molar-refractivity contribution in [1.29, 1.82) is 0 Å². The van der Waals surface area contributed by atoms with Crippen LogP contribution in [0.25, 0.3) is 0 Å². The minimum absolute atomic E-state index is 0.0269. The summed E-state index contributed by atoms with van der Waals surface area (Å²) in [5.74, 6) is 0.956. The average Bonchev–Trinajstić information content (AvgIpc) is 3.46. The fraction of sp³-hybridized carbons (Fsp3) is 0.500. The second-order valence-corrected chi connectivity index (χ2v) is 9.87. The zero-order valence-electron chi connectivity index (χ0n) is 16.1. The van der Waals surface area contributed by atoms with Gasteiger partial charge in [-0.1, -0.05) is 12.1 Å². The molecule has 0 unspecified atom stereocenters. The van der Waals surface area contributed by atoms with Gasteiger partial charge in [0.05, 0.1) is 11.4 Å². The first-order chi connectivity index (χ1) is 14.0. The second-order valence-electron chi connectivity index (χ2n) is 7.66. The van der Waals surface area contributed by atoms with E-state index in [1.165, 1.54) is 18.2 Å². The van der Waals surface area contributed by atoms with Crippen molar-refractivity contribution >= 4 is 21.8 Å². The fourth-order valence-corrected chi connectivity index (χ4v) is 5.48. The quantitative estimate of drug-likeness (QED) is 0.740. The number of hydrogen-bond acceptors (Lipinski definition) is 6. The number of hydrogen-bond donors (Lipinski definition) is 1. The van der Waals surface area contributed by atoms with Crippen molar-refractivity contribution in [2.75, 3.05) is 18.4 Å². The van der Waals surface area contributed by atoms with Gasteiger partial charge in [-0.3, -0.25) is 5.32 Å². The molecule has 8 nitrogen and oxygen atoms in total. The molecule has 1 N–H and O–H groups in total. The van der Waals surface area contributed by atoms with Gasteiger partial charge in [0, 0.05) is 18.8 Å². The minimum atomic E-state index is -3.05. The van der Waals surface area contributed by atoms with Crippen molar-refractivity contribution in [3.8, 4) is 0 Å². The van der Waals surface area contributed by atoms with Crippen LogP contribution in [0.1, 0.15) is 37.0 Å². The Balaban J connectivity index is 1.22. The Hall–Kier alpha value is -2.39. The summed E-state index contributed by atoms with van der Waals surface area (Å²) in [6.45, 7) is 1.28. The second kappa shape index (κ2) is 8.54. The molecule has 1 aliphatic heterocycles. The number of sulfonamides is 1. The van der Waals surface area contributed by atoms with E-state index in [0.717, 1.165) is 32.1 Å². The smallest absolute Gasteiger partial charge is 0.412 e. The molecule has 0 atom stereocenters. The first-order valence-corrected chi connectivity index (χ1v) is 11.4. The zero-order valence-corrected chi connectivity index (χ0v) is 16.9. The number of nitrogens with one attached hydrogen (secondary N) is 1. The minimum Gasteiger partial charge on any atom is -0.445 e. The maximum atomic E-state index is 12.3. The number of piperidine rings is 1. The van der Waals surface area contributed by atoms with Crippen LogP contribution >= 0.6 is 0 Å². The third kappa shape index (κ3) is 5.16. The van der Waals surface area contributed by atoms with E-state index >= 15 is 0 Å². The third-order valence-corrected chi connectivity index (χ3v) is 7.83. The van der Waals surface area contributed by atoms with Gasteiger partial charge in [0.2, 0.25) is 10.0 Å². The molecule has 2 heterocycles. The van der Waals surface area contributed by atoms with Gasteiger partial charge in [-0.2, -0.15) is 0 Å². The van der Waals surface area contributed by atoms with Crippen molar-refractivity contribution in [3.05, 3.63) is 48.2 Å². The van der Waals surface area contributed by atoms with Crippen molar-refractivity contribution < 1.29 is 22.4 Å². The highest BCUT2D eigenvalue weighted by atomic mass is 32.2. The number of carbonyl (C=O) groups excluding carboxylic acids is 1. The predicted octanol–water partition coefficient (Wildman–Crippen LogP) is 3.17. The van der Waals surface area contributed by atoms with E-state index < -0.39 is 16.1 Å². The Labute approximate surface area is 170 Å². The van der Waals surface area contributed by atoms with Crippen molar-refractivity contribution in [1.82, 2.24) is 9.29 Å². The molecule has 1 aromatic carbocycles. The van der Waals surface area contributed by atoms with Crippen LogP contribution in [0.15, 0.2) is 41.3 Å². The predicted molar refractivity (Wildman–Crippen MR) is 107 cm³/mol. The molecular weight excluding hydrogens is 394 g/mol. The molecule has 9 heteroatoms. The molecule has 0 spiro atoms. The van der Waals surface area contributed by atoms with Gasteiger partial charge in [0.15, 0.2) is 18.8 Å². The van der Waals surface area contributed by atoms with Gasteiger partial charge in [-0.15, -0.1) is 0 Å². The monoisotopic (exact) mass is 419 g/mol. The summed E-state index contributed by atoms with van der Waals surface area (Å²) in [6, 6.07) is 7.66. The molecule has 1 aliphatic carbocycles. The van der Waals surface area contributed by atoms with Crippen LogP contribution in [0.5, 0.6) is 0 Å². The number of rotatable bonds is 7. The van der Waals surface area contributed by atoms with Crippen LogP contribution in [-0.4, -0.2) is 42.1 Å². The van der Waals surface area contributed by atoms with Crippen LogP contribution in [0.4, 0.5) is 10.5 Å². The maximum Gasteiger partial charge on any atom is 0.412 e. The van der Waals surface area contributed by atoms with Gasteiger partial charge in [-0.05, 0) is 55.7 Å². The molecule has 156 valence electrons. The van der Waals surface area contributed by atoms with Crippen LogP contribution in [0, 0.1) is 5.92 Å². The Kier molecular flexibility index (Phi) is 5.86. The first kappa shape index (κ1) is 19.9. The summed E-state index contributed by atoms with van der Waals surface area (Å²) in [5, 5.41) is 2.55. The number of ether oxygens (including phenoxy) is 1. The number of amides is 1. The van der Waals surface area contributed by atoms with Gasteiger partial charge < -0.3 is 9.15 Å². The summed E-state index contributed by atoms with van der Waals surface area (Å²) >= 11 is 0. The van der Waals surface area contributed by atoms with Crippen molar-refractivity contribution in [3.63, 3.8) is 0 Å². The van der Waals surface area contributed by atoms with Crippen molar-refractivity contribution in [2.24, 2.45) is 5.92 Å². The first-order valence-electron chi connectivity index (χ1n) is 9.90. The Bertz CT molecular complexity index is 916. The van der Waals surface area contributed by atoms with Crippen LogP contribution in [-0.2, 0) is 27.8 Å². The lowest BCUT2D eigenvalue weighted by atomic mass is 9.91. The Morgan fingerprint density at radius 3 is 2.52 bits per heavy atom.